The molecule has 0 radical (unpaired) electrons. The number of hydrogen-bond donors (Lipinski definition) is 1. The van der Waals surface area contributed by atoms with Crippen molar-refractivity contribution in [3.8, 4) is 11.5 Å². The average molecular weight is 313 g/mol. The van der Waals surface area contributed by atoms with Crippen LogP contribution in [-0.4, -0.2) is 18.5 Å². The van der Waals surface area contributed by atoms with Crippen molar-refractivity contribution in [2.45, 2.75) is 32.6 Å². The monoisotopic (exact) mass is 313 g/mol. The first-order valence-corrected chi connectivity index (χ1v) is 7.88. The third kappa shape index (κ3) is 2.40. The lowest BCUT2D eigenvalue weighted by molar-refractivity contribution is -0.128. The van der Waals surface area contributed by atoms with Crippen LogP contribution < -0.4 is 14.8 Å². The molecule has 2 atom stereocenters. The Hall–Kier alpha value is -2.30. The Balaban J connectivity index is 1.76. The van der Waals surface area contributed by atoms with Crippen molar-refractivity contribution >= 4 is 11.7 Å². The maximum Gasteiger partial charge on any atom is 0.231 e. The number of carbonyl (C=O) groups is 2. The van der Waals surface area contributed by atoms with Gasteiger partial charge in [0.05, 0.1) is 5.92 Å². The number of nitrogens with one attached hydrogen (secondary N) is 1. The number of hydrogen-bond acceptors (Lipinski definition) is 4. The summed E-state index contributed by atoms with van der Waals surface area (Å²) in [6.07, 6.45) is 2.85. The summed E-state index contributed by atoms with van der Waals surface area (Å²) < 4.78 is 10.8. The SMILES string of the molecule is CC1(C)C=C2NC(=O)C[C@H](c3ccc4c(c3)OCO4)[C@H]2C(=O)C1. The summed E-state index contributed by atoms with van der Waals surface area (Å²) in [5, 5.41) is 2.90. The van der Waals surface area contributed by atoms with Crippen LogP contribution in [0.5, 0.6) is 11.5 Å². The number of piperidine rings is 1. The Morgan fingerprint density at radius 3 is 2.78 bits per heavy atom. The molecule has 1 aromatic carbocycles. The number of ketones is 1. The number of amides is 1. The van der Waals surface area contributed by atoms with Crippen LogP contribution in [-0.2, 0) is 9.59 Å². The zero-order chi connectivity index (χ0) is 16.2. The molecular formula is C18H19NO4. The maximum atomic E-state index is 12.7. The van der Waals surface area contributed by atoms with Gasteiger partial charge < -0.3 is 14.8 Å². The number of fused-ring (bicyclic) bond motifs is 2. The Bertz CT molecular complexity index is 735. The molecule has 2 heterocycles. The van der Waals surface area contributed by atoms with E-state index in [1.165, 1.54) is 0 Å². The van der Waals surface area contributed by atoms with Crippen LogP contribution in [0.4, 0.5) is 0 Å². The minimum absolute atomic E-state index is 0.0410. The summed E-state index contributed by atoms with van der Waals surface area (Å²) in [5.41, 5.74) is 1.49. The minimum Gasteiger partial charge on any atom is -0.454 e. The minimum atomic E-state index is -0.277. The number of Topliss-reactive ketones (excluding diaryl/α,β-unsaturated/α-hetero) is 1. The van der Waals surface area contributed by atoms with Gasteiger partial charge in [-0.25, -0.2) is 0 Å². The van der Waals surface area contributed by atoms with E-state index < -0.39 is 0 Å². The molecular weight excluding hydrogens is 294 g/mol. The van der Waals surface area contributed by atoms with Crippen LogP contribution in [0, 0.1) is 11.3 Å². The second-order valence-electron chi connectivity index (χ2n) is 7.18. The largest absolute Gasteiger partial charge is 0.454 e. The van der Waals surface area contributed by atoms with E-state index in [1.54, 1.807) is 0 Å². The number of rotatable bonds is 1. The Morgan fingerprint density at radius 1 is 1.17 bits per heavy atom. The lowest BCUT2D eigenvalue weighted by Crippen LogP contribution is -2.45. The molecule has 0 aromatic heterocycles. The summed E-state index contributed by atoms with van der Waals surface area (Å²) >= 11 is 0. The van der Waals surface area contributed by atoms with Gasteiger partial charge in [-0.3, -0.25) is 9.59 Å². The topological polar surface area (TPSA) is 64.6 Å². The summed E-state index contributed by atoms with van der Waals surface area (Å²) in [6, 6.07) is 5.68. The molecule has 1 aliphatic carbocycles. The van der Waals surface area contributed by atoms with Crippen molar-refractivity contribution in [1.82, 2.24) is 5.32 Å². The van der Waals surface area contributed by atoms with Crippen molar-refractivity contribution in [3.05, 3.63) is 35.5 Å². The quantitative estimate of drug-likeness (QED) is 0.865. The van der Waals surface area contributed by atoms with E-state index in [0.29, 0.717) is 24.3 Å². The van der Waals surface area contributed by atoms with Crippen molar-refractivity contribution in [2.24, 2.45) is 11.3 Å². The van der Waals surface area contributed by atoms with Crippen molar-refractivity contribution in [2.75, 3.05) is 6.79 Å². The fourth-order valence-corrected chi connectivity index (χ4v) is 3.83. The fraction of sp³-hybridized carbons (Fsp3) is 0.444. The Labute approximate surface area is 134 Å². The second kappa shape index (κ2) is 4.85. The summed E-state index contributed by atoms with van der Waals surface area (Å²) in [5.74, 6) is 1.12. The van der Waals surface area contributed by atoms with Gasteiger partial charge in [0.25, 0.3) is 0 Å². The molecule has 120 valence electrons. The first-order chi connectivity index (χ1) is 10.9. The molecule has 0 saturated carbocycles. The lowest BCUT2D eigenvalue weighted by atomic mass is 9.68. The first-order valence-electron chi connectivity index (χ1n) is 7.88. The van der Waals surface area contributed by atoms with Gasteiger partial charge in [-0.15, -0.1) is 0 Å². The highest BCUT2D eigenvalue weighted by molar-refractivity contribution is 5.92. The van der Waals surface area contributed by atoms with Gasteiger partial charge in [0.1, 0.15) is 5.78 Å². The number of benzene rings is 1. The standard InChI is InChI=1S/C18H19NO4/c1-18(2)7-12-17(13(20)8-18)11(6-16(21)19-12)10-3-4-14-15(5-10)23-9-22-14/h3-5,7,11,17H,6,8-9H2,1-2H3,(H,19,21)/t11-,17-/m1/s1. The maximum absolute atomic E-state index is 12.7. The van der Waals surface area contributed by atoms with E-state index in [1.807, 2.05) is 38.1 Å². The molecule has 5 heteroatoms. The van der Waals surface area contributed by atoms with Gasteiger partial charge in [0.2, 0.25) is 12.7 Å². The Morgan fingerprint density at radius 2 is 1.96 bits per heavy atom. The molecule has 3 aliphatic rings. The molecule has 0 spiro atoms. The highest BCUT2D eigenvalue weighted by atomic mass is 16.7. The van der Waals surface area contributed by atoms with Crippen LogP contribution in [0.1, 0.15) is 38.2 Å². The van der Waals surface area contributed by atoms with Crippen molar-refractivity contribution in [1.29, 1.82) is 0 Å². The van der Waals surface area contributed by atoms with Crippen LogP contribution in [0.25, 0.3) is 0 Å². The van der Waals surface area contributed by atoms with Gasteiger partial charge in [0.15, 0.2) is 11.5 Å². The van der Waals surface area contributed by atoms with Crippen LogP contribution in [0.15, 0.2) is 30.0 Å². The van der Waals surface area contributed by atoms with E-state index in [-0.39, 0.29) is 35.7 Å². The van der Waals surface area contributed by atoms with E-state index >= 15 is 0 Å². The number of ether oxygens (including phenoxy) is 2. The molecule has 1 amide bonds. The molecule has 1 N–H and O–H groups in total. The normalized spacial score (nSPS) is 28.0. The van der Waals surface area contributed by atoms with Gasteiger partial charge in [-0.1, -0.05) is 26.0 Å². The fourth-order valence-electron chi connectivity index (χ4n) is 3.83. The lowest BCUT2D eigenvalue weighted by Gasteiger charge is -2.39. The summed E-state index contributed by atoms with van der Waals surface area (Å²) in [4.78, 5) is 24.9. The predicted molar refractivity (Wildman–Crippen MR) is 83.0 cm³/mol. The molecule has 23 heavy (non-hydrogen) atoms. The third-order valence-corrected chi connectivity index (χ3v) is 4.77. The van der Waals surface area contributed by atoms with Crippen molar-refractivity contribution < 1.29 is 19.1 Å². The average Bonchev–Trinajstić information content (AvgIpc) is 2.91. The van der Waals surface area contributed by atoms with E-state index in [2.05, 4.69) is 5.32 Å². The molecule has 1 aromatic rings. The van der Waals surface area contributed by atoms with Gasteiger partial charge >= 0.3 is 0 Å². The highest BCUT2D eigenvalue weighted by Gasteiger charge is 2.43. The molecule has 2 aliphatic heterocycles. The van der Waals surface area contributed by atoms with Gasteiger partial charge in [-0.2, -0.15) is 0 Å². The summed E-state index contributed by atoms with van der Waals surface area (Å²) in [6.45, 7) is 4.25. The smallest absolute Gasteiger partial charge is 0.231 e. The first kappa shape index (κ1) is 14.3. The molecule has 5 nitrogen and oxygen atoms in total. The van der Waals surface area contributed by atoms with Crippen molar-refractivity contribution in [3.63, 3.8) is 0 Å². The Kier molecular flexibility index (Phi) is 3.01. The van der Waals surface area contributed by atoms with Gasteiger partial charge in [0, 0.05) is 24.5 Å². The van der Waals surface area contributed by atoms with E-state index in [0.717, 1.165) is 11.3 Å². The van der Waals surface area contributed by atoms with Crippen LogP contribution in [0.3, 0.4) is 0 Å². The molecule has 1 fully saturated rings. The third-order valence-electron chi connectivity index (χ3n) is 4.77. The summed E-state index contributed by atoms with van der Waals surface area (Å²) in [7, 11) is 0. The highest BCUT2D eigenvalue weighted by Crippen LogP contribution is 2.45. The zero-order valence-corrected chi connectivity index (χ0v) is 13.2. The van der Waals surface area contributed by atoms with Crippen LogP contribution >= 0.6 is 0 Å². The second-order valence-corrected chi connectivity index (χ2v) is 7.18. The molecule has 4 rings (SSSR count). The molecule has 0 unspecified atom stereocenters. The molecule has 0 bridgehead atoms. The van der Waals surface area contributed by atoms with Gasteiger partial charge in [-0.05, 0) is 23.1 Å². The number of carbonyl (C=O) groups excluding carboxylic acids is 2. The molecule has 1 saturated heterocycles. The zero-order valence-electron chi connectivity index (χ0n) is 13.2. The predicted octanol–water partition coefficient (Wildman–Crippen LogP) is 2.52. The van der Waals surface area contributed by atoms with E-state index in [4.69, 9.17) is 9.47 Å². The van der Waals surface area contributed by atoms with E-state index in [9.17, 15) is 9.59 Å². The van der Waals surface area contributed by atoms with Crippen LogP contribution in [0.2, 0.25) is 0 Å². The number of allylic oxidation sites excluding steroid dienone is 2.